The monoisotopic (exact) mass is 386 g/mol. The van der Waals surface area contributed by atoms with E-state index in [2.05, 4.69) is 0 Å². The Balaban J connectivity index is 1.58. The summed E-state index contributed by atoms with van der Waals surface area (Å²) in [4.78, 5) is 0. The molecule has 0 saturated heterocycles. The van der Waals surface area contributed by atoms with Gasteiger partial charge in [0.2, 0.25) is 0 Å². The molecule has 0 radical (unpaired) electrons. The van der Waals surface area contributed by atoms with E-state index in [1.165, 1.54) is 0 Å². The number of aliphatic hydroxyl groups is 1. The Morgan fingerprint density at radius 1 is 0.759 bits per heavy atom. The lowest BCUT2D eigenvalue weighted by molar-refractivity contribution is 0.255. The maximum Gasteiger partial charge on any atom is 0.171 e. The van der Waals surface area contributed by atoms with E-state index in [0.717, 1.165) is 16.7 Å². The summed E-state index contributed by atoms with van der Waals surface area (Å²) < 4.78 is 17.6. The van der Waals surface area contributed by atoms with Gasteiger partial charge in [-0.2, -0.15) is 0 Å². The molecule has 0 fully saturated rings. The maximum absolute atomic E-state index is 10.2. The fraction of sp³-hybridized carbons (Fsp3) is 0.120. The minimum atomic E-state index is 0.194. The van der Waals surface area contributed by atoms with Crippen molar-refractivity contribution in [3.05, 3.63) is 114 Å². The molecule has 29 heavy (non-hydrogen) atoms. The minimum Gasteiger partial charge on any atom is -0.508 e. The largest absolute Gasteiger partial charge is 0.508 e. The van der Waals surface area contributed by atoms with Crippen LogP contribution in [0.15, 0.2) is 97.0 Å². The molecule has 1 aliphatic rings. The Kier molecular flexibility index (Phi) is 5.81. The lowest BCUT2D eigenvalue weighted by Crippen LogP contribution is -2.03. The van der Waals surface area contributed by atoms with Crippen LogP contribution in [-0.2, 0) is 18.0 Å². The number of hydrogen-bond donors (Lipinski definition) is 1. The lowest BCUT2D eigenvalue weighted by atomic mass is 10.1. The van der Waals surface area contributed by atoms with Gasteiger partial charge in [-0.1, -0.05) is 60.7 Å². The number of aliphatic hydroxyl groups excluding tert-OH is 1. The molecule has 0 atom stereocenters. The smallest absolute Gasteiger partial charge is 0.171 e. The maximum atomic E-state index is 10.2. The van der Waals surface area contributed by atoms with Crippen molar-refractivity contribution >= 4 is 5.76 Å². The molecule has 1 heterocycles. The molecule has 0 unspecified atom stereocenters. The summed E-state index contributed by atoms with van der Waals surface area (Å²) in [7, 11) is 0. The second kappa shape index (κ2) is 9.02. The molecule has 3 aromatic rings. The van der Waals surface area contributed by atoms with Crippen molar-refractivity contribution in [1.82, 2.24) is 0 Å². The highest BCUT2D eigenvalue weighted by molar-refractivity contribution is 5.66. The van der Waals surface area contributed by atoms with Gasteiger partial charge in [0.1, 0.15) is 19.0 Å². The molecule has 146 valence electrons. The summed E-state index contributed by atoms with van der Waals surface area (Å²) in [6.07, 6.45) is 3.80. The minimum absolute atomic E-state index is 0.194. The Labute approximate surface area is 170 Å². The highest BCUT2D eigenvalue weighted by atomic mass is 16.5. The van der Waals surface area contributed by atoms with Crippen LogP contribution in [-0.4, -0.2) is 5.11 Å². The van der Waals surface area contributed by atoms with E-state index in [1.807, 2.05) is 78.9 Å². The first-order chi connectivity index (χ1) is 14.3. The van der Waals surface area contributed by atoms with E-state index in [-0.39, 0.29) is 5.76 Å². The van der Waals surface area contributed by atoms with E-state index in [0.29, 0.717) is 36.9 Å². The fourth-order valence-electron chi connectivity index (χ4n) is 3.02. The zero-order valence-electron chi connectivity index (χ0n) is 16.0. The third kappa shape index (κ3) is 4.79. The molecule has 0 aromatic heterocycles. The zero-order valence-corrected chi connectivity index (χ0v) is 16.0. The summed E-state index contributed by atoms with van der Waals surface area (Å²) in [6, 6.07) is 25.5. The number of allylic oxidation sites excluding steroid dienone is 1. The van der Waals surface area contributed by atoms with Crippen LogP contribution in [0.25, 0.3) is 5.76 Å². The molecule has 0 amide bonds. The van der Waals surface area contributed by atoms with Crippen LogP contribution in [0, 0.1) is 0 Å². The van der Waals surface area contributed by atoms with Gasteiger partial charge in [0.15, 0.2) is 17.3 Å². The molecule has 1 aliphatic heterocycles. The zero-order chi connectivity index (χ0) is 19.9. The van der Waals surface area contributed by atoms with Gasteiger partial charge in [-0.3, -0.25) is 0 Å². The van der Waals surface area contributed by atoms with Crippen LogP contribution in [0.5, 0.6) is 11.5 Å². The van der Waals surface area contributed by atoms with Crippen molar-refractivity contribution in [2.24, 2.45) is 0 Å². The fourth-order valence-corrected chi connectivity index (χ4v) is 3.02. The van der Waals surface area contributed by atoms with Crippen LogP contribution in [0.3, 0.4) is 0 Å². The second-order valence-corrected chi connectivity index (χ2v) is 6.68. The van der Waals surface area contributed by atoms with Gasteiger partial charge in [-0.25, -0.2) is 0 Å². The number of rotatable bonds is 7. The second-order valence-electron chi connectivity index (χ2n) is 6.68. The van der Waals surface area contributed by atoms with Gasteiger partial charge in [0, 0.05) is 12.0 Å². The molecule has 0 aliphatic carbocycles. The Morgan fingerprint density at radius 3 is 2.00 bits per heavy atom. The van der Waals surface area contributed by atoms with E-state index in [9.17, 15) is 5.11 Å². The SMILES string of the molecule is OC1=C(c2ccc(OCc3ccccc3)c(OCc3ccccc3)c2)OC=CC1. The summed E-state index contributed by atoms with van der Waals surface area (Å²) in [5, 5.41) is 10.2. The molecule has 4 rings (SSSR count). The summed E-state index contributed by atoms with van der Waals surface area (Å²) in [5.41, 5.74) is 2.87. The Bertz CT molecular complexity index is 1010. The standard InChI is InChI=1S/C25H22O4/c26-22-12-7-15-27-25(22)21-13-14-23(28-17-19-8-3-1-4-9-19)24(16-21)29-18-20-10-5-2-6-11-20/h1-11,13-16,26H,12,17-18H2. The topological polar surface area (TPSA) is 47.9 Å². The van der Waals surface area contributed by atoms with E-state index in [4.69, 9.17) is 14.2 Å². The van der Waals surface area contributed by atoms with Gasteiger partial charge >= 0.3 is 0 Å². The first-order valence-corrected chi connectivity index (χ1v) is 9.51. The van der Waals surface area contributed by atoms with Crippen molar-refractivity contribution in [3.8, 4) is 11.5 Å². The first kappa shape index (κ1) is 18.7. The van der Waals surface area contributed by atoms with Crippen molar-refractivity contribution in [1.29, 1.82) is 0 Å². The van der Waals surface area contributed by atoms with E-state index >= 15 is 0 Å². The van der Waals surface area contributed by atoms with Crippen LogP contribution < -0.4 is 9.47 Å². The average molecular weight is 386 g/mol. The van der Waals surface area contributed by atoms with Crippen molar-refractivity contribution in [3.63, 3.8) is 0 Å². The molecule has 0 bridgehead atoms. The average Bonchev–Trinajstić information content (AvgIpc) is 2.78. The quantitative estimate of drug-likeness (QED) is 0.541. The Morgan fingerprint density at radius 2 is 1.38 bits per heavy atom. The highest BCUT2D eigenvalue weighted by Gasteiger charge is 2.16. The van der Waals surface area contributed by atoms with Crippen molar-refractivity contribution in [2.45, 2.75) is 19.6 Å². The highest BCUT2D eigenvalue weighted by Crippen LogP contribution is 2.34. The molecule has 4 nitrogen and oxygen atoms in total. The predicted molar refractivity (Wildman–Crippen MR) is 112 cm³/mol. The number of benzene rings is 3. The summed E-state index contributed by atoms with van der Waals surface area (Å²) >= 11 is 0. The van der Waals surface area contributed by atoms with Gasteiger partial charge in [-0.05, 0) is 35.4 Å². The Hall–Kier alpha value is -3.66. The normalized spacial score (nSPS) is 13.1. The molecular weight excluding hydrogens is 364 g/mol. The number of hydrogen-bond acceptors (Lipinski definition) is 4. The van der Waals surface area contributed by atoms with Crippen molar-refractivity contribution in [2.75, 3.05) is 0 Å². The van der Waals surface area contributed by atoms with Crippen LogP contribution >= 0.6 is 0 Å². The van der Waals surface area contributed by atoms with Gasteiger partial charge in [0.25, 0.3) is 0 Å². The number of ether oxygens (including phenoxy) is 3. The molecule has 1 N–H and O–H groups in total. The molecule has 0 saturated carbocycles. The molecule has 3 aromatic carbocycles. The third-order valence-corrected chi connectivity index (χ3v) is 4.54. The molecular formula is C25H22O4. The van der Waals surface area contributed by atoms with Gasteiger partial charge < -0.3 is 19.3 Å². The summed E-state index contributed by atoms with van der Waals surface area (Å²) in [5.74, 6) is 1.87. The van der Waals surface area contributed by atoms with Crippen LogP contribution in [0.2, 0.25) is 0 Å². The first-order valence-electron chi connectivity index (χ1n) is 9.51. The van der Waals surface area contributed by atoms with Crippen molar-refractivity contribution < 1.29 is 19.3 Å². The van der Waals surface area contributed by atoms with Crippen LogP contribution in [0.4, 0.5) is 0 Å². The molecule has 0 spiro atoms. The molecule has 4 heteroatoms. The lowest BCUT2D eigenvalue weighted by Gasteiger charge is -2.17. The third-order valence-electron chi connectivity index (χ3n) is 4.54. The predicted octanol–water partition coefficient (Wildman–Crippen LogP) is 6.01. The van der Waals surface area contributed by atoms with E-state index < -0.39 is 0 Å². The van der Waals surface area contributed by atoms with E-state index in [1.54, 1.807) is 12.3 Å². The summed E-state index contributed by atoms with van der Waals surface area (Å²) in [6.45, 7) is 0.854. The van der Waals surface area contributed by atoms with Crippen LogP contribution in [0.1, 0.15) is 23.1 Å². The van der Waals surface area contributed by atoms with Gasteiger partial charge in [-0.15, -0.1) is 0 Å². The van der Waals surface area contributed by atoms with Gasteiger partial charge in [0.05, 0.1) is 6.26 Å².